The molecule has 3 atom stereocenters. The third kappa shape index (κ3) is 2.42. The normalized spacial score (nSPS) is 27.2. The maximum absolute atomic E-state index is 5.72. The van der Waals surface area contributed by atoms with Crippen LogP contribution in [0.2, 0.25) is 0 Å². The van der Waals surface area contributed by atoms with Crippen molar-refractivity contribution in [3.05, 3.63) is 18.0 Å². The predicted octanol–water partition coefficient (Wildman–Crippen LogP) is 0.220. The number of nitrogens with zero attached hydrogens (tertiary/aromatic N) is 2. The van der Waals surface area contributed by atoms with Crippen molar-refractivity contribution in [1.29, 1.82) is 0 Å². The standard InChI is InChI=1S/C11H20N4O/c1-8-4-6-16-11(8)10(13-12)7-9-3-5-15(2)14-9/h3,5,8,10-11,13H,4,6-7,12H2,1-2H3. The van der Waals surface area contributed by atoms with E-state index in [9.17, 15) is 0 Å². The van der Waals surface area contributed by atoms with Crippen molar-refractivity contribution in [2.75, 3.05) is 6.61 Å². The highest BCUT2D eigenvalue weighted by Gasteiger charge is 2.31. The van der Waals surface area contributed by atoms with Crippen LogP contribution < -0.4 is 11.3 Å². The van der Waals surface area contributed by atoms with Crippen LogP contribution in [0.15, 0.2) is 12.3 Å². The van der Waals surface area contributed by atoms with Crippen LogP contribution in [0.25, 0.3) is 0 Å². The van der Waals surface area contributed by atoms with Gasteiger partial charge in [0, 0.05) is 26.3 Å². The zero-order valence-electron chi connectivity index (χ0n) is 9.89. The van der Waals surface area contributed by atoms with Gasteiger partial charge < -0.3 is 4.74 Å². The molecular formula is C11H20N4O. The summed E-state index contributed by atoms with van der Waals surface area (Å²) in [5.41, 5.74) is 3.91. The molecule has 5 nitrogen and oxygen atoms in total. The predicted molar refractivity (Wildman–Crippen MR) is 61.5 cm³/mol. The Morgan fingerprint density at radius 3 is 3.06 bits per heavy atom. The summed E-state index contributed by atoms with van der Waals surface area (Å²) in [6, 6.07) is 2.16. The van der Waals surface area contributed by atoms with E-state index in [4.69, 9.17) is 10.6 Å². The van der Waals surface area contributed by atoms with Crippen molar-refractivity contribution in [3.63, 3.8) is 0 Å². The summed E-state index contributed by atoms with van der Waals surface area (Å²) < 4.78 is 7.53. The molecule has 3 unspecified atom stereocenters. The Morgan fingerprint density at radius 2 is 2.56 bits per heavy atom. The Balaban J connectivity index is 2.00. The van der Waals surface area contributed by atoms with Crippen LogP contribution in [0, 0.1) is 5.92 Å². The molecule has 0 aromatic carbocycles. The fraction of sp³-hybridized carbons (Fsp3) is 0.727. The van der Waals surface area contributed by atoms with Crippen molar-refractivity contribution < 1.29 is 4.74 Å². The highest BCUT2D eigenvalue weighted by molar-refractivity contribution is 5.03. The second-order valence-corrected chi connectivity index (χ2v) is 4.56. The Hall–Kier alpha value is -0.910. The number of aryl methyl sites for hydroxylation is 1. The Labute approximate surface area is 95.9 Å². The summed E-state index contributed by atoms with van der Waals surface area (Å²) in [5.74, 6) is 6.16. The quantitative estimate of drug-likeness (QED) is 0.567. The molecule has 1 aromatic rings. The van der Waals surface area contributed by atoms with E-state index >= 15 is 0 Å². The first-order valence-corrected chi connectivity index (χ1v) is 5.77. The van der Waals surface area contributed by atoms with Crippen LogP contribution in [-0.4, -0.2) is 28.5 Å². The summed E-state index contributed by atoms with van der Waals surface area (Å²) >= 11 is 0. The zero-order chi connectivity index (χ0) is 11.5. The molecule has 1 fully saturated rings. The fourth-order valence-electron chi connectivity index (χ4n) is 2.30. The Morgan fingerprint density at radius 1 is 1.75 bits per heavy atom. The molecule has 5 heteroatoms. The van der Waals surface area contributed by atoms with E-state index in [1.54, 1.807) is 0 Å². The average molecular weight is 224 g/mol. The van der Waals surface area contributed by atoms with Gasteiger partial charge >= 0.3 is 0 Å². The number of ether oxygens (including phenoxy) is 1. The van der Waals surface area contributed by atoms with Crippen molar-refractivity contribution in [2.24, 2.45) is 18.8 Å². The molecule has 1 aliphatic heterocycles. The lowest BCUT2D eigenvalue weighted by molar-refractivity contribution is 0.0607. The molecule has 0 amide bonds. The van der Waals surface area contributed by atoms with Gasteiger partial charge in [0.15, 0.2) is 0 Å². The lowest BCUT2D eigenvalue weighted by atomic mass is 9.95. The highest BCUT2D eigenvalue weighted by atomic mass is 16.5. The summed E-state index contributed by atoms with van der Waals surface area (Å²) in [6.07, 6.45) is 4.08. The molecule has 1 aromatic heterocycles. The minimum Gasteiger partial charge on any atom is -0.376 e. The Kier molecular flexibility index (Phi) is 3.58. The van der Waals surface area contributed by atoms with Crippen molar-refractivity contribution in [2.45, 2.75) is 31.9 Å². The third-order valence-corrected chi connectivity index (χ3v) is 3.25. The van der Waals surface area contributed by atoms with Gasteiger partial charge in [-0.1, -0.05) is 6.92 Å². The SMILES string of the molecule is CC1CCOC1C(Cc1ccn(C)n1)NN. The van der Waals surface area contributed by atoms with Crippen LogP contribution in [0.1, 0.15) is 19.0 Å². The molecule has 0 spiro atoms. The number of hydrogen-bond donors (Lipinski definition) is 2. The first-order valence-electron chi connectivity index (χ1n) is 5.77. The van der Waals surface area contributed by atoms with Crippen molar-refractivity contribution in [3.8, 4) is 0 Å². The largest absolute Gasteiger partial charge is 0.376 e. The minimum absolute atomic E-state index is 0.146. The maximum atomic E-state index is 5.72. The smallest absolute Gasteiger partial charge is 0.0771 e. The first kappa shape index (κ1) is 11.6. The molecule has 2 heterocycles. The average Bonchev–Trinajstić information content (AvgIpc) is 2.84. The summed E-state index contributed by atoms with van der Waals surface area (Å²) in [7, 11) is 1.92. The molecule has 3 N–H and O–H groups in total. The van der Waals surface area contributed by atoms with Crippen molar-refractivity contribution >= 4 is 0 Å². The molecule has 90 valence electrons. The van der Waals surface area contributed by atoms with Gasteiger partial charge in [-0.3, -0.25) is 16.0 Å². The maximum Gasteiger partial charge on any atom is 0.0771 e. The second kappa shape index (κ2) is 4.95. The first-order chi connectivity index (χ1) is 7.70. The van der Waals surface area contributed by atoms with Crippen LogP contribution in [0.4, 0.5) is 0 Å². The molecule has 0 saturated carbocycles. The van der Waals surface area contributed by atoms with Gasteiger partial charge in [-0.05, 0) is 18.4 Å². The van der Waals surface area contributed by atoms with E-state index in [0.29, 0.717) is 5.92 Å². The van der Waals surface area contributed by atoms with Crippen LogP contribution >= 0.6 is 0 Å². The van der Waals surface area contributed by atoms with Gasteiger partial charge in [0.05, 0.1) is 17.8 Å². The van der Waals surface area contributed by atoms with Gasteiger partial charge in [0.2, 0.25) is 0 Å². The van der Waals surface area contributed by atoms with E-state index < -0.39 is 0 Å². The van der Waals surface area contributed by atoms with E-state index in [1.165, 1.54) is 0 Å². The number of hydrogen-bond acceptors (Lipinski definition) is 4. The van der Waals surface area contributed by atoms with Crippen LogP contribution in [0.5, 0.6) is 0 Å². The number of hydrazine groups is 1. The van der Waals surface area contributed by atoms with E-state index in [1.807, 2.05) is 24.0 Å². The van der Waals surface area contributed by atoms with E-state index in [-0.39, 0.29) is 12.1 Å². The third-order valence-electron chi connectivity index (χ3n) is 3.25. The molecule has 0 bridgehead atoms. The molecule has 1 aliphatic rings. The van der Waals surface area contributed by atoms with E-state index in [2.05, 4.69) is 17.4 Å². The number of nitrogens with two attached hydrogens (primary N) is 1. The fourth-order valence-corrected chi connectivity index (χ4v) is 2.30. The second-order valence-electron chi connectivity index (χ2n) is 4.56. The van der Waals surface area contributed by atoms with Gasteiger partial charge in [0.25, 0.3) is 0 Å². The molecule has 2 rings (SSSR count). The van der Waals surface area contributed by atoms with Gasteiger partial charge in [0.1, 0.15) is 0 Å². The van der Waals surface area contributed by atoms with Gasteiger partial charge in [-0.25, -0.2) is 0 Å². The monoisotopic (exact) mass is 224 g/mol. The zero-order valence-corrected chi connectivity index (χ0v) is 9.89. The van der Waals surface area contributed by atoms with Gasteiger partial charge in [-0.2, -0.15) is 5.10 Å². The molecule has 16 heavy (non-hydrogen) atoms. The molecule has 0 radical (unpaired) electrons. The van der Waals surface area contributed by atoms with Crippen LogP contribution in [-0.2, 0) is 18.2 Å². The summed E-state index contributed by atoms with van der Waals surface area (Å²) in [5, 5.41) is 4.36. The summed E-state index contributed by atoms with van der Waals surface area (Å²) in [6.45, 7) is 3.05. The number of nitrogens with one attached hydrogen (secondary N) is 1. The lowest BCUT2D eigenvalue weighted by Gasteiger charge is -2.24. The molecule has 1 saturated heterocycles. The van der Waals surface area contributed by atoms with Crippen LogP contribution in [0.3, 0.4) is 0 Å². The molecular weight excluding hydrogens is 204 g/mol. The topological polar surface area (TPSA) is 65.1 Å². The minimum atomic E-state index is 0.146. The number of aromatic nitrogens is 2. The Bertz CT molecular complexity index is 338. The lowest BCUT2D eigenvalue weighted by Crippen LogP contribution is -2.47. The highest BCUT2D eigenvalue weighted by Crippen LogP contribution is 2.24. The van der Waals surface area contributed by atoms with Crippen molar-refractivity contribution in [1.82, 2.24) is 15.2 Å². The molecule has 0 aliphatic carbocycles. The van der Waals surface area contributed by atoms with E-state index in [0.717, 1.165) is 25.1 Å². The summed E-state index contributed by atoms with van der Waals surface area (Å²) in [4.78, 5) is 0. The number of rotatable bonds is 4. The van der Waals surface area contributed by atoms with Gasteiger partial charge in [-0.15, -0.1) is 0 Å².